The van der Waals surface area contributed by atoms with Crippen LogP contribution in [0.2, 0.25) is 0 Å². The largest absolute Gasteiger partial charge is 0.497 e. The smallest absolute Gasteiger partial charge is 0.491 e. The number of piperidine rings is 1. The van der Waals surface area contributed by atoms with E-state index >= 15 is 0 Å². The van der Waals surface area contributed by atoms with Gasteiger partial charge in [-0.1, -0.05) is 12.1 Å². The third kappa shape index (κ3) is 8.29. The molecule has 5 rings (SSSR count). The molecular formula is C33H32F6N2O5. The van der Waals surface area contributed by atoms with Crippen LogP contribution in [0.3, 0.4) is 0 Å². The van der Waals surface area contributed by atoms with Crippen LogP contribution in [-0.2, 0) is 20.5 Å². The van der Waals surface area contributed by atoms with Crippen LogP contribution in [0.5, 0.6) is 11.5 Å². The molecule has 0 radical (unpaired) electrons. The van der Waals surface area contributed by atoms with Gasteiger partial charge in [0.15, 0.2) is 0 Å². The summed E-state index contributed by atoms with van der Waals surface area (Å²) in [6.07, 6.45) is -5.87. The van der Waals surface area contributed by atoms with Gasteiger partial charge in [-0.3, -0.25) is 9.78 Å². The molecule has 1 aliphatic carbocycles. The molecule has 1 atom stereocenters. The molecule has 0 amide bonds. The average Bonchev–Trinajstić information content (AvgIpc) is 3.87. The monoisotopic (exact) mass is 650 g/mol. The fourth-order valence-electron chi connectivity index (χ4n) is 5.72. The maximum absolute atomic E-state index is 13.4. The normalized spacial score (nSPS) is 16.5. The maximum Gasteiger partial charge on any atom is 0.491 e. The SMILES string of the molecule is COc1ccc(-c2ccnc(C(F)(F)F)c2)c(N2CCC(COc3cccc([C@@H](CC(=O)OC(=O)C(F)(F)F)C4CC4)c3)CC2)c1. The van der Waals surface area contributed by atoms with Crippen molar-refractivity contribution in [1.29, 1.82) is 0 Å². The summed E-state index contributed by atoms with van der Waals surface area (Å²) in [5, 5.41) is 0. The van der Waals surface area contributed by atoms with Crippen LogP contribution in [0, 0.1) is 11.8 Å². The molecule has 0 bridgehead atoms. The Balaban J connectivity index is 1.21. The van der Waals surface area contributed by atoms with Crippen LogP contribution in [0.25, 0.3) is 11.1 Å². The predicted octanol–water partition coefficient (Wildman–Crippen LogP) is 7.59. The molecule has 0 spiro atoms. The van der Waals surface area contributed by atoms with E-state index in [1.165, 1.54) is 7.11 Å². The Morgan fingerprint density at radius 3 is 2.33 bits per heavy atom. The number of carbonyl (C=O) groups is 2. The molecule has 2 fully saturated rings. The summed E-state index contributed by atoms with van der Waals surface area (Å²) in [7, 11) is 1.53. The first-order valence-corrected chi connectivity index (χ1v) is 14.8. The topological polar surface area (TPSA) is 78.0 Å². The number of hydrogen-bond acceptors (Lipinski definition) is 7. The van der Waals surface area contributed by atoms with E-state index in [4.69, 9.17) is 9.47 Å². The van der Waals surface area contributed by atoms with E-state index in [0.29, 0.717) is 42.3 Å². The van der Waals surface area contributed by atoms with Gasteiger partial charge in [0.25, 0.3) is 0 Å². The van der Waals surface area contributed by atoms with Gasteiger partial charge in [0, 0.05) is 36.6 Å². The fraction of sp³-hybridized carbons (Fsp3) is 0.424. The summed E-state index contributed by atoms with van der Waals surface area (Å²) in [4.78, 5) is 28.8. The fourth-order valence-corrected chi connectivity index (χ4v) is 5.72. The molecule has 1 aliphatic heterocycles. The molecule has 46 heavy (non-hydrogen) atoms. The van der Waals surface area contributed by atoms with Crippen molar-refractivity contribution in [2.24, 2.45) is 11.8 Å². The van der Waals surface area contributed by atoms with Gasteiger partial charge < -0.3 is 19.1 Å². The number of hydrogen-bond donors (Lipinski definition) is 0. The Labute approximate surface area is 261 Å². The van der Waals surface area contributed by atoms with Crippen LogP contribution in [0.1, 0.15) is 49.3 Å². The van der Waals surface area contributed by atoms with Gasteiger partial charge in [-0.15, -0.1) is 0 Å². The number of methoxy groups -OCH3 is 1. The first-order chi connectivity index (χ1) is 21.8. The van der Waals surface area contributed by atoms with E-state index in [-0.39, 0.29) is 18.3 Å². The van der Waals surface area contributed by atoms with Crippen molar-refractivity contribution in [3.05, 3.63) is 72.1 Å². The number of ether oxygens (including phenoxy) is 3. The number of rotatable bonds is 10. The molecule has 3 aromatic rings. The number of alkyl halides is 6. The van der Waals surface area contributed by atoms with Crippen LogP contribution in [-0.4, -0.2) is 49.9 Å². The Kier molecular flexibility index (Phi) is 9.78. The third-order valence-electron chi connectivity index (χ3n) is 8.31. The molecule has 0 N–H and O–H groups in total. The van der Waals surface area contributed by atoms with E-state index in [9.17, 15) is 35.9 Å². The van der Waals surface area contributed by atoms with Gasteiger partial charge in [0.2, 0.25) is 0 Å². The Morgan fingerprint density at radius 2 is 1.67 bits per heavy atom. The van der Waals surface area contributed by atoms with E-state index in [1.54, 1.807) is 42.5 Å². The van der Waals surface area contributed by atoms with Crippen molar-refractivity contribution in [2.75, 3.05) is 31.7 Å². The highest BCUT2D eigenvalue weighted by Crippen LogP contribution is 2.45. The first kappa shape index (κ1) is 33.1. The van der Waals surface area contributed by atoms with Crippen molar-refractivity contribution < 1.29 is 50.1 Å². The molecule has 13 heteroatoms. The predicted molar refractivity (Wildman–Crippen MR) is 155 cm³/mol. The molecule has 7 nitrogen and oxygen atoms in total. The number of esters is 2. The first-order valence-electron chi connectivity index (χ1n) is 14.8. The minimum atomic E-state index is -5.24. The second kappa shape index (κ2) is 13.6. The molecule has 2 aliphatic rings. The number of benzene rings is 2. The van der Waals surface area contributed by atoms with Crippen molar-refractivity contribution in [1.82, 2.24) is 4.98 Å². The number of pyridine rings is 1. The Morgan fingerprint density at radius 1 is 0.935 bits per heavy atom. The van der Waals surface area contributed by atoms with E-state index in [0.717, 1.165) is 49.2 Å². The molecule has 1 saturated heterocycles. The lowest BCUT2D eigenvalue weighted by Crippen LogP contribution is -2.35. The number of anilines is 1. The highest BCUT2D eigenvalue weighted by atomic mass is 19.4. The third-order valence-corrected chi connectivity index (χ3v) is 8.31. The maximum atomic E-state index is 13.4. The van der Waals surface area contributed by atoms with Crippen molar-refractivity contribution in [2.45, 2.75) is 50.4 Å². The van der Waals surface area contributed by atoms with Gasteiger partial charge in [-0.05, 0) is 91.0 Å². The quantitative estimate of drug-likeness (QED) is 0.127. The van der Waals surface area contributed by atoms with E-state index < -0.39 is 35.9 Å². The number of halogens is 6. The van der Waals surface area contributed by atoms with Crippen LogP contribution >= 0.6 is 0 Å². The minimum Gasteiger partial charge on any atom is -0.497 e. The average molecular weight is 651 g/mol. The van der Waals surface area contributed by atoms with Crippen molar-refractivity contribution in [3.8, 4) is 22.6 Å². The highest BCUT2D eigenvalue weighted by molar-refractivity contribution is 5.88. The zero-order valence-corrected chi connectivity index (χ0v) is 24.9. The van der Waals surface area contributed by atoms with E-state index in [1.807, 2.05) is 6.07 Å². The Hall–Kier alpha value is -4.29. The Bertz CT molecular complexity index is 1550. The van der Waals surface area contributed by atoms with Gasteiger partial charge in [0.05, 0.1) is 20.1 Å². The summed E-state index contributed by atoms with van der Waals surface area (Å²) in [6.45, 7) is 1.67. The van der Waals surface area contributed by atoms with Gasteiger partial charge in [0.1, 0.15) is 17.2 Å². The molecular weight excluding hydrogens is 618 g/mol. The van der Waals surface area contributed by atoms with Crippen LogP contribution < -0.4 is 14.4 Å². The summed E-state index contributed by atoms with van der Waals surface area (Å²) in [5.41, 5.74) is 1.55. The second-order valence-corrected chi connectivity index (χ2v) is 11.5. The van der Waals surface area contributed by atoms with Gasteiger partial charge in [-0.2, -0.15) is 26.3 Å². The molecule has 0 unspecified atom stereocenters. The summed E-state index contributed by atoms with van der Waals surface area (Å²) < 4.78 is 93.1. The minimum absolute atomic E-state index is 0.0989. The zero-order chi connectivity index (χ0) is 33.1. The number of aromatic nitrogens is 1. The molecule has 1 aromatic heterocycles. The van der Waals surface area contributed by atoms with Crippen LogP contribution in [0.15, 0.2) is 60.8 Å². The lowest BCUT2D eigenvalue weighted by atomic mass is 9.91. The van der Waals surface area contributed by atoms with Crippen LogP contribution in [0.4, 0.5) is 32.0 Å². The number of carbonyl (C=O) groups excluding carboxylic acids is 2. The number of nitrogens with zero attached hydrogens (tertiary/aromatic N) is 2. The summed E-state index contributed by atoms with van der Waals surface area (Å²) in [6, 6.07) is 14.9. The van der Waals surface area contributed by atoms with E-state index in [2.05, 4.69) is 14.6 Å². The molecule has 246 valence electrons. The summed E-state index contributed by atoms with van der Waals surface area (Å²) in [5.74, 6) is -2.72. The molecule has 2 aromatic carbocycles. The molecule has 1 saturated carbocycles. The molecule has 2 heterocycles. The van der Waals surface area contributed by atoms with Gasteiger partial charge in [-0.25, -0.2) is 4.79 Å². The van der Waals surface area contributed by atoms with Gasteiger partial charge >= 0.3 is 24.3 Å². The van der Waals surface area contributed by atoms with Crippen molar-refractivity contribution in [3.63, 3.8) is 0 Å². The standard InChI is InChI=1S/C33H32F6N2O5/c1-44-24-7-8-26(23-9-12-40-29(16-23)32(34,35)36)28(17-24)41-13-10-20(11-14-41)19-45-25-4-2-3-22(15-25)27(21-5-6-21)18-30(42)46-31(43)33(37,38)39/h2-4,7-9,12,15-17,20-21,27H,5-6,10-11,13-14,18-19H2,1H3/t27-/m0/s1. The lowest BCUT2D eigenvalue weighted by Gasteiger charge is -2.35. The zero-order valence-electron chi connectivity index (χ0n) is 24.9. The lowest BCUT2D eigenvalue weighted by molar-refractivity contribution is -0.202. The van der Waals surface area contributed by atoms with Crippen molar-refractivity contribution >= 4 is 17.6 Å². The highest BCUT2D eigenvalue weighted by Gasteiger charge is 2.43. The second-order valence-electron chi connectivity index (χ2n) is 11.5. The summed E-state index contributed by atoms with van der Waals surface area (Å²) >= 11 is 0.